The number of halogens is 1. The topological polar surface area (TPSA) is 72.3 Å². The fourth-order valence-corrected chi connectivity index (χ4v) is 3.54. The third-order valence-corrected chi connectivity index (χ3v) is 4.94. The molecule has 0 aromatic rings. The van der Waals surface area contributed by atoms with E-state index in [9.17, 15) is 4.79 Å². The molecule has 1 heterocycles. The number of carbonyl (C=O) groups is 1. The molecule has 1 atom stereocenters. The van der Waals surface area contributed by atoms with Gasteiger partial charge < -0.3 is 16.4 Å². The molecule has 0 radical (unpaired) electrons. The van der Waals surface area contributed by atoms with Gasteiger partial charge in [-0.1, -0.05) is 0 Å². The number of rotatable bonds is 8. The van der Waals surface area contributed by atoms with Gasteiger partial charge in [0.1, 0.15) is 0 Å². The molecule has 19 heavy (non-hydrogen) atoms. The van der Waals surface area contributed by atoms with Gasteiger partial charge >= 0.3 is 0 Å². The van der Waals surface area contributed by atoms with E-state index in [-0.39, 0.29) is 11.9 Å². The Bertz CT molecular complexity index is 260. The summed E-state index contributed by atoms with van der Waals surface area (Å²) in [6.45, 7) is 2.37. The highest BCUT2D eigenvalue weighted by molar-refractivity contribution is 7.99. The molecule has 6 heteroatoms. The van der Waals surface area contributed by atoms with Gasteiger partial charge in [0.25, 0.3) is 0 Å². The molecule has 1 amide bonds. The van der Waals surface area contributed by atoms with Crippen LogP contribution in [0.1, 0.15) is 25.7 Å². The summed E-state index contributed by atoms with van der Waals surface area (Å²) in [7, 11) is 0. The fourth-order valence-electron chi connectivity index (χ4n) is 2.30. The monoisotopic (exact) mass is 307 g/mol. The minimum Gasteiger partial charge on any atom is -0.341 e. The number of alkyl halides is 1. The Morgan fingerprint density at radius 1 is 1.42 bits per heavy atom. The summed E-state index contributed by atoms with van der Waals surface area (Å²) >= 11 is 7.47. The van der Waals surface area contributed by atoms with Crippen LogP contribution in [-0.4, -0.2) is 53.9 Å². The molecule has 1 aliphatic heterocycles. The van der Waals surface area contributed by atoms with Crippen LogP contribution in [-0.2, 0) is 4.79 Å². The van der Waals surface area contributed by atoms with E-state index in [0.29, 0.717) is 18.2 Å². The number of piperidine rings is 1. The number of carbonyl (C=O) groups excluding carboxylic acids is 1. The first-order chi connectivity index (χ1) is 9.19. The lowest BCUT2D eigenvalue weighted by molar-refractivity contribution is -0.133. The van der Waals surface area contributed by atoms with Crippen molar-refractivity contribution in [2.45, 2.75) is 31.7 Å². The van der Waals surface area contributed by atoms with Crippen LogP contribution in [0.5, 0.6) is 0 Å². The first-order valence-corrected chi connectivity index (χ1v) is 8.76. The summed E-state index contributed by atoms with van der Waals surface area (Å²) in [6.07, 6.45) is 4.16. The van der Waals surface area contributed by atoms with Crippen LogP contribution in [0.4, 0.5) is 0 Å². The highest BCUT2D eigenvalue weighted by Crippen LogP contribution is 2.21. The van der Waals surface area contributed by atoms with Crippen LogP contribution in [0.15, 0.2) is 0 Å². The van der Waals surface area contributed by atoms with Gasteiger partial charge in [0.2, 0.25) is 5.91 Å². The molecule has 0 aliphatic carbocycles. The van der Waals surface area contributed by atoms with Crippen LogP contribution in [0.2, 0.25) is 0 Å². The largest absolute Gasteiger partial charge is 0.341 e. The van der Waals surface area contributed by atoms with Crippen molar-refractivity contribution in [3.8, 4) is 0 Å². The molecule has 0 bridgehead atoms. The highest BCUT2D eigenvalue weighted by atomic mass is 35.5. The maximum absolute atomic E-state index is 12.2. The van der Waals surface area contributed by atoms with Gasteiger partial charge in [-0.25, -0.2) is 0 Å². The minimum atomic E-state index is -0.368. The number of likely N-dealkylation sites (tertiary alicyclic amines) is 1. The van der Waals surface area contributed by atoms with Crippen LogP contribution in [0.3, 0.4) is 0 Å². The lowest BCUT2D eigenvalue weighted by atomic mass is 9.94. The van der Waals surface area contributed by atoms with Crippen LogP contribution in [0.25, 0.3) is 0 Å². The smallest absolute Gasteiger partial charge is 0.240 e. The lowest BCUT2D eigenvalue weighted by Gasteiger charge is -2.33. The first kappa shape index (κ1) is 17.1. The van der Waals surface area contributed by atoms with Gasteiger partial charge in [0.15, 0.2) is 0 Å². The highest BCUT2D eigenvalue weighted by Gasteiger charge is 2.25. The molecule has 0 aromatic heterocycles. The third-order valence-electron chi connectivity index (χ3n) is 3.55. The van der Waals surface area contributed by atoms with E-state index in [1.807, 2.05) is 4.90 Å². The van der Waals surface area contributed by atoms with Crippen LogP contribution in [0, 0.1) is 5.92 Å². The Balaban J connectivity index is 2.22. The maximum Gasteiger partial charge on any atom is 0.240 e. The molecule has 1 rings (SSSR count). The number of hydrogen-bond acceptors (Lipinski definition) is 4. The van der Waals surface area contributed by atoms with E-state index >= 15 is 0 Å². The third kappa shape index (κ3) is 6.34. The molecule has 1 saturated heterocycles. The minimum absolute atomic E-state index is 0.101. The normalized spacial score (nSPS) is 18.6. The first-order valence-electron chi connectivity index (χ1n) is 7.07. The number of thioether (sulfide) groups is 1. The molecule has 0 unspecified atom stereocenters. The second-order valence-electron chi connectivity index (χ2n) is 5.07. The zero-order chi connectivity index (χ0) is 14.1. The molecule has 1 aliphatic rings. The Labute approximate surface area is 125 Å². The Morgan fingerprint density at radius 3 is 2.68 bits per heavy atom. The second kappa shape index (κ2) is 9.86. The van der Waals surface area contributed by atoms with Crippen LogP contribution < -0.4 is 11.5 Å². The zero-order valence-electron chi connectivity index (χ0n) is 11.5. The predicted octanol–water partition coefficient (Wildman–Crippen LogP) is 1.26. The molecule has 0 saturated carbocycles. The Kier molecular flexibility index (Phi) is 8.86. The zero-order valence-corrected chi connectivity index (χ0v) is 13.1. The van der Waals surface area contributed by atoms with E-state index in [2.05, 4.69) is 0 Å². The van der Waals surface area contributed by atoms with Crippen molar-refractivity contribution >= 4 is 29.3 Å². The molecule has 0 spiro atoms. The van der Waals surface area contributed by atoms with Gasteiger partial charge in [-0.05, 0) is 43.9 Å². The van der Waals surface area contributed by atoms with Crippen LogP contribution >= 0.6 is 23.4 Å². The van der Waals surface area contributed by atoms with Gasteiger partial charge in [0.05, 0.1) is 6.04 Å². The number of nitrogens with two attached hydrogens (primary N) is 2. The summed E-state index contributed by atoms with van der Waals surface area (Å²) in [5.41, 5.74) is 11.4. The summed E-state index contributed by atoms with van der Waals surface area (Å²) in [6, 6.07) is -0.368. The standard InChI is InChI=1S/C13H26ClN3OS/c14-5-2-11-3-7-17(8-4-11)13(18)12(16)10-19-9-1-6-15/h11-12H,1-10,15-16H2/t12-/m0/s1. The maximum atomic E-state index is 12.2. The molecule has 1 fully saturated rings. The SMILES string of the molecule is NCCCSC[C@H](N)C(=O)N1CCC(CCCl)CC1. The van der Waals surface area contributed by atoms with Gasteiger partial charge in [-0.3, -0.25) is 4.79 Å². The number of amides is 1. The molecular formula is C13H26ClN3OS. The Hall–Kier alpha value is 0.0300. The average molecular weight is 308 g/mol. The van der Waals surface area contributed by atoms with Crippen molar-refractivity contribution < 1.29 is 4.79 Å². The average Bonchev–Trinajstić information content (AvgIpc) is 2.44. The summed E-state index contributed by atoms with van der Waals surface area (Å²) in [5.74, 6) is 3.17. The van der Waals surface area contributed by atoms with Crippen molar-refractivity contribution in [1.82, 2.24) is 4.90 Å². The number of hydrogen-bond donors (Lipinski definition) is 2. The van der Waals surface area contributed by atoms with Gasteiger partial charge in [0, 0.05) is 24.7 Å². The van der Waals surface area contributed by atoms with Gasteiger partial charge in [-0.15, -0.1) is 11.6 Å². The molecular weight excluding hydrogens is 282 g/mol. The summed E-state index contributed by atoms with van der Waals surface area (Å²) < 4.78 is 0. The van der Waals surface area contributed by atoms with Crippen molar-refractivity contribution in [2.24, 2.45) is 17.4 Å². The predicted molar refractivity (Wildman–Crippen MR) is 83.6 cm³/mol. The van der Waals surface area contributed by atoms with E-state index in [0.717, 1.165) is 50.4 Å². The van der Waals surface area contributed by atoms with Crippen molar-refractivity contribution in [3.63, 3.8) is 0 Å². The van der Waals surface area contributed by atoms with Gasteiger partial charge in [-0.2, -0.15) is 11.8 Å². The fraction of sp³-hybridized carbons (Fsp3) is 0.923. The summed E-state index contributed by atoms with van der Waals surface area (Å²) in [4.78, 5) is 14.1. The Morgan fingerprint density at radius 2 is 2.11 bits per heavy atom. The molecule has 4 nitrogen and oxygen atoms in total. The second-order valence-corrected chi connectivity index (χ2v) is 6.60. The summed E-state index contributed by atoms with van der Waals surface area (Å²) in [5, 5.41) is 0. The van der Waals surface area contributed by atoms with Crippen molar-refractivity contribution in [2.75, 3.05) is 37.0 Å². The van der Waals surface area contributed by atoms with E-state index in [4.69, 9.17) is 23.1 Å². The van der Waals surface area contributed by atoms with E-state index in [1.54, 1.807) is 11.8 Å². The van der Waals surface area contributed by atoms with E-state index in [1.165, 1.54) is 0 Å². The number of nitrogens with zero attached hydrogens (tertiary/aromatic N) is 1. The molecule has 0 aromatic carbocycles. The molecule has 4 N–H and O–H groups in total. The van der Waals surface area contributed by atoms with E-state index < -0.39 is 0 Å². The quantitative estimate of drug-likeness (QED) is 0.523. The molecule has 112 valence electrons. The van der Waals surface area contributed by atoms with Crippen molar-refractivity contribution in [1.29, 1.82) is 0 Å². The van der Waals surface area contributed by atoms with Crippen molar-refractivity contribution in [3.05, 3.63) is 0 Å². The lowest BCUT2D eigenvalue weighted by Crippen LogP contribution is -2.48.